The number of nitrogens with zero attached hydrogens (tertiary/aromatic N) is 3. The van der Waals surface area contributed by atoms with Gasteiger partial charge >= 0.3 is 5.97 Å². The van der Waals surface area contributed by atoms with Crippen molar-refractivity contribution in [3.8, 4) is 10.7 Å². The molecule has 0 aliphatic heterocycles. The summed E-state index contributed by atoms with van der Waals surface area (Å²) in [5.74, 6) is -0.371. The zero-order valence-electron chi connectivity index (χ0n) is 8.84. The molecule has 0 radical (unpaired) electrons. The van der Waals surface area contributed by atoms with E-state index in [9.17, 15) is 9.59 Å². The van der Waals surface area contributed by atoms with E-state index < -0.39 is 0 Å². The van der Waals surface area contributed by atoms with Crippen LogP contribution in [0.15, 0.2) is 16.9 Å². The molecule has 0 saturated heterocycles. The zero-order chi connectivity index (χ0) is 12.3. The van der Waals surface area contributed by atoms with Crippen LogP contribution < -0.4 is 5.56 Å². The monoisotopic (exact) mass is 252 g/mol. The Bertz CT molecular complexity index is 571. The Morgan fingerprint density at radius 1 is 1.47 bits per heavy atom. The Morgan fingerprint density at radius 2 is 2.29 bits per heavy atom. The van der Waals surface area contributed by atoms with E-state index in [1.54, 1.807) is 6.07 Å². The molecule has 0 aromatic carbocycles. The van der Waals surface area contributed by atoms with Crippen molar-refractivity contribution in [1.82, 2.24) is 20.4 Å². The lowest BCUT2D eigenvalue weighted by Gasteiger charge is -1.94. The smallest absolute Gasteiger partial charge is 0.303 e. The lowest BCUT2D eigenvalue weighted by molar-refractivity contribution is -0.142. The third kappa shape index (κ3) is 2.94. The SMILES string of the molecule is CC(=O)OCc1nnc(-c2ccc(=O)[nH]n2)s1. The number of esters is 1. The number of hydrogen-bond donors (Lipinski definition) is 1. The second-order valence-electron chi connectivity index (χ2n) is 3.09. The van der Waals surface area contributed by atoms with Gasteiger partial charge in [-0.05, 0) is 6.07 Å². The average Bonchev–Trinajstić information content (AvgIpc) is 2.76. The quantitative estimate of drug-likeness (QED) is 0.791. The van der Waals surface area contributed by atoms with E-state index in [0.717, 1.165) is 0 Å². The number of nitrogens with one attached hydrogen (secondary N) is 1. The predicted molar refractivity (Wildman–Crippen MR) is 59.2 cm³/mol. The molecule has 0 atom stereocenters. The van der Waals surface area contributed by atoms with Gasteiger partial charge in [-0.1, -0.05) is 11.3 Å². The van der Waals surface area contributed by atoms with Crippen LogP contribution in [0.2, 0.25) is 0 Å². The van der Waals surface area contributed by atoms with Crippen molar-refractivity contribution in [2.75, 3.05) is 0 Å². The van der Waals surface area contributed by atoms with Crippen molar-refractivity contribution in [2.45, 2.75) is 13.5 Å². The molecule has 0 unspecified atom stereocenters. The van der Waals surface area contributed by atoms with E-state index in [2.05, 4.69) is 20.4 Å². The third-order valence-electron chi connectivity index (χ3n) is 1.76. The maximum absolute atomic E-state index is 10.8. The maximum atomic E-state index is 10.8. The molecule has 7 nitrogen and oxygen atoms in total. The topological polar surface area (TPSA) is 97.8 Å². The van der Waals surface area contributed by atoms with Gasteiger partial charge in [0.05, 0.1) is 0 Å². The molecule has 17 heavy (non-hydrogen) atoms. The summed E-state index contributed by atoms with van der Waals surface area (Å²) in [6.45, 7) is 1.42. The highest BCUT2D eigenvalue weighted by Gasteiger charge is 2.08. The zero-order valence-corrected chi connectivity index (χ0v) is 9.65. The molecule has 0 saturated carbocycles. The van der Waals surface area contributed by atoms with Crippen LogP contribution >= 0.6 is 11.3 Å². The highest BCUT2D eigenvalue weighted by atomic mass is 32.1. The molecule has 0 spiro atoms. The van der Waals surface area contributed by atoms with Crippen LogP contribution in [-0.2, 0) is 16.1 Å². The molecular formula is C9H8N4O3S. The van der Waals surface area contributed by atoms with Gasteiger partial charge in [0.2, 0.25) is 0 Å². The first-order chi connectivity index (χ1) is 8.15. The fourth-order valence-corrected chi connectivity index (χ4v) is 1.76. The molecule has 2 rings (SSSR count). The molecule has 0 amide bonds. The predicted octanol–water partition coefficient (Wildman–Crippen LogP) is 0.351. The van der Waals surface area contributed by atoms with Crippen LogP contribution in [0.25, 0.3) is 10.7 Å². The number of aromatic amines is 1. The van der Waals surface area contributed by atoms with Gasteiger partial charge in [-0.2, -0.15) is 5.10 Å². The molecule has 8 heteroatoms. The number of carbonyl (C=O) groups is 1. The summed E-state index contributed by atoms with van der Waals surface area (Å²) >= 11 is 1.25. The number of rotatable bonds is 3. The summed E-state index contributed by atoms with van der Waals surface area (Å²) in [4.78, 5) is 21.4. The molecule has 2 aromatic heterocycles. The van der Waals surface area contributed by atoms with Crippen molar-refractivity contribution in [3.63, 3.8) is 0 Å². The van der Waals surface area contributed by atoms with Crippen LogP contribution in [0.1, 0.15) is 11.9 Å². The minimum atomic E-state index is -0.371. The summed E-state index contributed by atoms with van der Waals surface area (Å²) in [7, 11) is 0. The number of ether oxygens (including phenoxy) is 1. The van der Waals surface area contributed by atoms with E-state index in [1.807, 2.05) is 0 Å². The van der Waals surface area contributed by atoms with Crippen molar-refractivity contribution in [2.24, 2.45) is 0 Å². The molecule has 0 aliphatic carbocycles. The number of carbonyl (C=O) groups excluding carboxylic acids is 1. The summed E-state index contributed by atoms with van der Waals surface area (Å²) in [6, 6.07) is 2.91. The van der Waals surface area contributed by atoms with Gasteiger partial charge in [0.1, 0.15) is 12.3 Å². The molecule has 0 bridgehead atoms. The van der Waals surface area contributed by atoms with Gasteiger partial charge in [-0.3, -0.25) is 9.59 Å². The Hall–Kier alpha value is -2.09. The highest BCUT2D eigenvalue weighted by molar-refractivity contribution is 7.14. The minimum absolute atomic E-state index is 0.0936. The van der Waals surface area contributed by atoms with Gasteiger partial charge in [-0.25, -0.2) is 5.10 Å². The third-order valence-corrected chi connectivity index (χ3v) is 2.68. The maximum Gasteiger partial charge on any atom is 0.303 e. The first kappa shape index (κ1) is 11.4. The van der Waals surface area contributed by atoms with E-state index in [0.29, 0.717) is 15.7 Å². The highest BCUT2D eigenvalue weighted by Crippen LogP contribution is 2.20. The molecular weight excluding hydrogens is 244 g/mol. The summed E-state index contributed by atoms with van der Waals surface area (Å²) < 4.78 is 4.79. The van der Waals surface area contributed by atoms with Gasteiger partial charge in [0.15, 0.2) is 10.0 Å². The fraction of sp³-hybridized carbons (Fsp3) is 0.222. The van der Waals surface area contributed by atoms with Crippen LogP contribution in [0.4, 0.5) is 0 Å². The van der Waals surface area contributed by atoms with Crippen molar-refractivity contribution < 1.29 is 9.53 Å². The lowest BCUT2D eigenvalue weighted by atomic mass is 10.4. The summed E-state index contributed by atoms with van der Waals surface area (Å²) in [5, 5.41) is 15.0. The number of H-pyrrole nitrogens is 1. The molecule has 0 aliphatic rings. The van der Waals surface area contributed by atoms with E-state index in [4.69, 9.17) is 4.74 Å². The van der Waals surface area contributed by atoms with Gasteiger partial charge in [-0.15, -0.1) is 10.2 Å². The Balaban J connectivity index is 2.15. The first-order valence-corrected chi connectivity index (χ1v) is 5.48. The van der Waals surface area contributed by atoms with E-state index in [-0.39, 0.29) is 18.1 Å². The summed E-state index contributed by atoms with van der Waals surface area (Å²) in [6.07, 6.45) is 0. The van der Waals surface area contributed by atoms with Crippen LogP contribution in [0, 0.1) is 0 Å². The van der Waals surface area contributed by atoms with Crippen molar-refractivity contribution in [3.05, 3.63) is 27.5 Å². The molecule has 2 aromatic rings. The van der Waals surface area contributed by atoms with E-state index in [1.165, 1.54) is 24.3 Å². The average molecular weight is 252 g/mol. The second-order valence-corrected chi connectivity index (χ2v) is 4.15. The normalized spacial score (nSPS) is 10.2. The minimum Gasteiger partial charge on any atom is -0.458 e. The van der Waals surface area contributed by atoms with Crippen molar-refractivity contribution >= 4 is 17.3 Å². The van der Waals surface area contributed by atoms with Gasteiger partial charge in [0.25, 0.3) is 5.56 Å². The number of hydrogen-bond acceptors (Lipinski definition) is 7. The molecule has 2 heterocycles. The molecule has 0 fully saturated rings. The largest absolute Gasteiger partial charge is 0.458 e. The Labute approximate surface area is 99.5 Å². The van der Waals surface area contributed by atoms with Crippen molar-refractivity contribution in [1.29, 1.82) is 0 Å². The first-order valence-electron chi connectivity index (χ1n) is 4.67. The lowest BCUT2D eigenvalue weighted by Crippen LogP contribution is -2.05. The Kier molecular flexibility index (Phi) is 3.24. The molecule has 88 valence electrons. The van der Waals surface area contributed by atoms with Crippen LogP contribution in [0.3, 0.4) is 0 Å². The van der Waals surface area contributed by atoms with Crippen LogP contribution in [0.5, 0.6) is 0 Å². The number of aromatic nitrogens is 4. The van der Waals surface area contributed by atoms with Gasteiger partial charge in [0, 0.05) is 13.0 Å². The standard InChI is InChI=1S/C9H8N4O3S/c1-5(14)16-4-8-12-13-9(17-8)6-2-3-7(15)11-10-6/h2-3H,4H2,1H3,(H,11,15). The van der Waals surface area contributed by atoms with Gasteiger partial charge < -0.3 is 4.74 Å². The molecule has 1 N–H and O–H groups in total. The van der Waals surface area contributed by atoms with Crippen LogP contribution in [-0.4, -0.2) is 26.4 Å². The Morgan fingerprint density at radius 3 is 2.94 bits per heavy atom. The fourth-order valence-electron chi connectivity index (χ4n) is 1.04. The second kappa shape index (κ2) is 4.83. The van der Waals surface area contributed by atoms with E-state index >= 15 is 0 Å². The summed E-state index contributed by atoms with van der Waals surface area (Å²) in [5.41, 5.74) is 0.245.